The second kappa shape index (κ2) is 4.44. The first-order valence-corrected chi connectivity index (χ1v) is 5.98. The smallest absolute Gasteiger partial charge is 0.273 e. The van der Waals surface area contributed by atoms with E-state index in [2.05, 4.69) is 10.1 Å². The molecule has 96 valence electrons. The third kappa shape index (κ3) is 1.88. The Bertz CT molecular complexity index is 807. The summed E-state index contributed by atoms with van der Waals surface area (Å²) in [5, 5.41) is 3.56. The van der Waals surface area contributed by atoms with Gasteiger partial charge < -0.3 is 4.74 Å². The van der Waals surface area contributed by atoms with Gasteiger partial charge >= 0.3 is 0 Å². The van der Waals surface area contributed by atoms with Crippen molar-refractivity contribution in [1.29, 1.82) is 0 Å². The van der Waals surface area contributed by atoms with Crippen LogP contribution in [0.5, 0.6) is 5.75 Å². The van der Waals surface area contributed by atoms with E-state index < -0.39 is 0 Å². The summed E-state index contributed by atoms with van der Waals surface area (Å²) >= 11 is 5.89. The van der Waals surface area contributed by atoms with E-state index in [9.17, 15) is 4.79 Å². The molecule has 19 heavy (non-hydrogen) atoms. The number of aromatic amines is 1. The van der Waals surface area contributed by atoms with Crippen LogP contribution in [0.1, 0.15) is 0 Å². The lowest BCUT2D eigenvalue weighted by Crippen LogP contribution is -2.05. The van der Waals surface area contributed by atoms with Crippen molar-refractivity contribution in [2.75, 3.05) is 7.11 Å². The molecule has 0 aliphatic carbocycles. The number of nitrogens with one attached hydrogen (secondary N) is 1. The van der Waals surface area contributed by atoms with Crippen LogP contribution in [-0.4, -0.2) is 21.9 Å². The lowest BCUT2D eigenvalue weighted by Gasteiger charge is -2.09. The van der Waals surface area contributed by atoms with Crippen LogP contribution in [0.15, 0.2) is 41.3 Å². The Morgan fingerprint density at radius 2 is 2.16 bits per heavy atom. The van der Waals surface area contributed by atoms with E-state index in [1.165, 1.54) is 6.20 Å². The van der Waals surface area contributed by atoms with Gasteiger partial charge in [-0.05, 0) is 12.1 Å². The highest BCUT2D eigenvalue weighted by Gasteiger charge is 2.12. The molecular weight excluding hydrogens is 266 g/mol. The Morgan fingerprint density at radius 3 is 2.95 bits per heavy atom. The Kier molecular flexibility index (Phi) is 2.76. The molecule has 2 aromatic heterocycles. The first kappa shape index (κ1) is 11.8. The van der Waals surface area contributed by atoms with Crippen LogP contribution in [0.3, 0.4) is 0 Å². The molecule has 5 nitrogen and oxygen atoms in total. The lowest BCUT2D eigenvalue weighted by molar-refractivity contribution is 0.412. The predicted octanol–water partition coefficient (Wildman–Crippen LogP) is 2.38. The van der Waals surface area contributed by atoms with Gasteiger partial charge in [0.1, 0.15) is 16.6 Å². The zero-order valence-electron chi connectivity index (χ0n) is 10.1. The van der Waals surface area contributed by atoms with E-state index in [1.54, 1.807) is 17.9 Å². The summed E-state index contributed by atoms with van der Waals surface area (Å²) in [6, 6.07) is 9.04. The molecule has 0 radical (unpaired) electrons. The van der Waals surface area contributed by atoms with E-state index in [4.69, 9.17) is 16.3 Å². The van der Waals surface area contributed by atoms with Crippen molar-refractivity contribution >= 4 is 22.5 Å². The number of hydrogen-bond acceptors (Lipinski definition) is 3. The van der Waals surface area contributed by atoms with Crippen molar-refractivity contribution in [2.45, 2.75) is 0 Å². The van der Waals surface area contributed by atoms with Crippen molar-refractivity contribution in [3.63, 3.8) is 0 Å². The van der Waals surface area contributed by atoms with E-state index in [0.717, 1.165) is 5.69 Å². The molecule has 0 spiro atoms. The lowest BCUT2D eigenvalue weighted by atomic mass is 10.3. The van der Waals surface area contributed by atoms with E-state index in [-0.39, 0.29) is 5.56 Å². The van der Waals surface area contributed by atoms with Gasteiger partial charge in [-0.3, -0.25) is 9.89 Å². The molecule has 6 heteroatoms. The number of H-pyrrole nitrogens is 1. The number of pyridine rings is 1. The highest BCUT2D eigenvalue weighted by molar-refractivity contribution is 6.30. The average molecular weight is 276 g/mol. The molecule has 3 rings (SSSR count). The number of hydrogen-bond donors (Lipinski definition) is 1. The normalized spacial score (nSPS) is 10.8. The molecule has 1 N–H and O–H groups in total. The van der Waals surface area contributed by atoms with Crippen molar-refractivity contribution in [3.05, 3.63) is 52.0 Å². The minimum absolute atomic E-state index is 0.218. The predicted molar refractivity (Wildman–Crippen MR) is 73.3 cm³/mol. The maximum atomic E-state index is 11.9. The number of nitrogens with zero attached hydrogens (tertiary/aromatic N) is 2. The van der Waals surface area contributed by atoms with Crippen LogP contribution in [0, 0.1) is 0 Å². The van der Waals surface area contributed by atoms with Crippen LogP contribution in [0.25, 0.3) is 16.6 Å². The zero-order valence-corrected chi connectivity index (χ0v) is 10.8. The van der Waals surface area contributed by atoms with Crippen LogP contribution in [0.4, 0.5) is 0 Å². The fourth-order valence-electron chi connectivity index (χ4n) is 2.01. The molecule has 0 fully saturated rings. The van der Waals surface area contributed by atoms with Gasteiger partial charge in [0.15, 0.2) is 0 Å². The second-order valence-electron chi connectivity index (χ2n) is 3.97. The number of rotatable bonds is 2. The number of aromatic nitrogens is 3. The first-order valence-electron chi connectivity index (χ1n) is 5.60. The molecule has 0 amide bonds. The maximum absolute atomic E-state index is 11.9. The first-order chi connectivity index (χ1) is 9.20. The van der Waals surface area contributed by atoms with Gasteiger partial charge in [-0.15, -0.1) is 0 Å². The molecule has 3 aromatic rings. The largest absolute Gasteiger partial charge is 0.494 e. The summed E-state index contributed by atoms with van der Waals surface area (Å²) in [6.45, 7) is 0. The Hall–Kier alpha value is -2.27. The number of benzene rings is 1. The number of methoxy groups -OCH3 is 1. The monoisotopic (exact) mass is 275 g/mol. The van der Waals surface area contributed by atoms with Crippen molar-refractivity contribution < 1.29 is 4.74 Å². The van der Waals surface area contributed by atoms with Crippen LogP contribution < -0.4 is 10.3 Å². The van der Waals surface area contributed by atoms with Gasteiger partial charge in [0.2, 0.25) is 0 Å². The fraction of sp³-hybridized carbons (Fsp3) is 0.0769. The zero-order chi connectivity index (χ0) is 13.4. The molecule has 0 atom stereocenters. The summed E-state index contributed by atoms with van der Waals surface area (Å²) in [5.74, 6) is 0.656. The van der Waals surface area contributed by atoms with Gasteiger partial charge in [-0.1, -0.05) is 23.7 Å². The Labute approximate surface area is 113 Å². The van der Waals surface area contributed by atoms with Crippen LogP contribution in [-0.2, 0) is 0 Å². The summed E-state index contributed by atoms with van der Waals surface area (Å²) in [5.41, 5.74) is 1.18. The van der Waals surface area contributed by atoms with E-state index >= 15 is 0 Å². The average Bonchev–Trinajstić information content (AvgIpc) is 2.75. The Balaban J connectivity index is 2.37. The minimum Gasteiger partial charge on any atom is -0.494 e. The van der Waals surface area contributed by atoms with E-state index in [1.807, 2.05) is 24.3 Å². The van der Waals surface area contributed by atoms with Crippen LogP contribution in [0.2, 0.25) is 5.15 Å². The van der Waals surface area contributed by atoms with Gasteiger partial charge in [-0.25, -0.2) is 9.67 Å². The molecule has 0 unspecified atom stereocenters. The summed E-state index contributed by atoms with van der Waals surface area (Å²) in [6.07, 6.45) is 1.46. The van der Waals surface area contributed by atoms with Gasteiger partial charge in [0, 0.05) is 12.3 Å². The highest BCUT2D eigenvalue weighted by atomic mass is 35.5. The third-order valence-corrected chi connectivity index (χ3v) is 3.08. The topological polar surface area (TPSA) is 59.9 Å². The molecular formula is C13H10ClN3O2. The SMILES string of the molecule is COc1ccccc1-n1[nH]c(=O)c2cnc(Cl)cc21. The molecule has 0 aliphatic heterocycles. The maximum Gasteiger partial charge on any atom is 0.273 e. The third-order valence-electron chi connectivity index (χ3n) is 2.87. The molecule has 0 saturated heterocycles. The molecule has 0 aliphatic rings. The standard InChI is InChI=1S/C13H10ClN3O2/c1-19-11-5-3-2-4-9(11)17-10-6-12(14)15-7-8(10)13(18)16-17/h2-7H,1H3,(H,16,18). The number of ether oxygens (including phenoxy) is 1. The number of fused-ring (bicyclic) bond motifs is 1. The Morgan fingerprint density at radius 1 is 1.37 bits per heavy atom. The molecule has 1 aromatic carbocycles. The number of halogens is 1. The number of para-hydroxylation sites is 2. The molecule has 2 heterocycles. The fourth-order valence-corrected chi connectivity index (χ4v) is 2.16. The molecule has 0 saturated carbocycles. The van der Waals surface area contributed by atoms with Crippen molar-refractivity contribution in [2.24, 2.45) is 0 Å². The second-order valence-corrected chi connectivity index (χ2v) is 4.36. The van der Waals surface area contributed by atoms with Crippen molar-refractivity contribution in [3.8, 4) is 11.4 Å². The summed E-state index contributed by atoms with van der Waals surface area (Å²) < 4.78 is 6.94. The van der Waals surface area contributed by atoms with Gasteiger partial charge in [0.05, 0.1) is 18.0 Å². The minimum atomic E-state index is -0.218. The highest BCUT2D eigenvalue weighted by Crippen LogP contribution is 2.24. The van der Waals surface area contributed by atoms with Gasteiger partial charge in [0.25, 0.3) is 5.56 Å². The van der Waals surface area contributed by atoms with Gasteiger partial charge in [-0.2, -0.15) is 0 Å². The molecule has 0 bridgehead atoms. The summed E-state index contributed by atoms with van der Waals surface area (Å²) in [7, 11) is 1.58. The summed E-state index contributed by atoms with van der Waals surface area (Å²) in [4.78, 5) is 15.8. The van der Waals surface area contributed by atoms with E-state index in [0.29, 0.717) is 21.8 Å². The van der Waals surface area contributed by atoms with Crippen LogP contribution >= 0.6 is 11.6 Å². The quantitative estimate of drug-likeness (QED) is 0.731. The van der Waals surface area contributed by atoms with Crippen molar-refractivity contribution in [1.82, 2.24) is 14.8 Å².